The van der Waals surface area contributed by atoms with E-state index in [1.165, 1.54) is 17.0 Å². The molecule has 2 aromatic rings. The van der Waals surface area contributed by atoms with E-state index in [9.17, 15) is 14.0 Å². The predicted molar refractivity (Wildman–Crippen MR) is 82.8 cm³/mol. The zero-order chi connectivity index (χ0) is 17.3. The number of aromatic nitrogens is 2. The van der Waals surface area contributed by atoms with Crippen LogP contribution >= 0.6 is 0 Å². The van der Waals surface area contributed by atoms with Gasteiger partial charge in [0.15, 0.2) is 5.82 Å². The number of nitrogens with one attached hydrogen (secondary N) is 1. The van der Waals surface area contributed by atoms with Gasteiger partial charge in [0.2, 0.25) is 11.8 Å². The van der Waals surface area contributed by atoms with E-state index in [-0.39, 0.29) is 18.0 Å². The van der Waals surface area contributed by atoms with E-state index >= 15 is 0 Å². The van der Waals surface area contributed by atoms with Gasteiger partial charge in [0.1, 0.15) is 5.82 Å². The van der Waals surface area contributed by atoms with Crippen LogP contribution in [0.3, 0.4) is 0 Å². The standard InChI is InChI=1S/C16H17FN4O3/c1-3-13-19-15(24-20-13)8-21(2)16(23)10-6-9-4-5-14(22)18-12(9)7-11(10)17/h6-7H,3-5,8H2,1-2H3,(H,18,22). The Morgan fingerprint density at radius 3 is 2.92 bits per heavy atom. The molecule has 0 saturated carbocycles. The molecular weight excluding hydrogens is 315 g/mol. The molecule has 8 heteroatoms. The number of aryl methyl sites for hydroxylation is 2. The van der Waals surface area contributed by atoms with Crippen LogP contribution < -0.4 is 5.32 Å². The highest BCUT2D eigenvalue weighted by atomic mass is 19.1. The van der Waals surface area contributed by atoms with Crippen LogP contribution in [0, 0.1) is 5.82 Å². The Morgan fingerprint density at radius 2 is 2.21 bits per heavy atom. The number of fused-ring (bicyclic) bond motifs is 1. The third-order valence-corrected chi connectivity index (χ3v) is 3.86. The van der Waals surface area contributed by atoms with E-state index in [0.29, 0.717) is 36.7 Å². The first-order valence-corrected chi connectivity index (χ1v) is 7.67. The maximum atomic E-state index is 14.3. The summed E-state index contributed by atoms with van der Waals surface area (Å²) in [5.74, 6) is -0.452. The van der Waals surface area contributed by atoms with Crippen LogP contribution in [-0.2, 0) is 24.2 Å². The van der Waals surface area contributed by atoms with Crippen LogP contribution in [0.4, 0.5) is 10.1 Å². The van der Waals surface area contributed by atoms with Crippen molar-refractivity contribution in [3.63, 3.8) is 0 Å². The van der Waals surface area contributed by atoms with E-state index in [1.54, 1.807) is 7.05 Å². The fourth-order valence-corrected chi connectivity index (χ4v) is 2.54. The topological polar surface area (TPSA) is 88.3 Å². The molecule has 0 atom stereocenters. The molecule has 2 heterocycles. The highest BCUT2D eigenvalue weighted by Crippen LogP contribution is 2.26. The summed E-state index contributed by atoms with van der Waals surface area (Å²) in [4.78, 5) is 29.3. The molecule has 1 aliphatic rings. The van der Waals surface area contributed by atoms with Gasteiger partial charge in [-0.3, -0.25) is 9.59 Å². The first kappa shape index (κ1) is 16.1. The van der Waals surface area contributed by atoms with Crippen molar-refractivity contribution in [1.29, 1.82) is 0 Å². The van der Waals surface area contributed by atoms with Gasteiger partial charge in [-0.2, -0.15) is 4.98 Å². The molecule has 1 aromatic carbocycles. The maximum absolute atomic E-state index is 14.3. The third-order valence-electron chi connectivity index (χ3n) is 3.86. The molecule has 126 valence electrons. The van der Waals surface area contributed by atoms with Crippen molar-refractivity contribution >= 4 is 17.5 Å². The van der Waals surface area contributed by atoms with Gasteiger partial charge in [-0.25, -0.2) is 4.39 Å². The van der Waals surface area contributed by atoms with Gasteiger partial charge in [0, 0.05) is 25.6 Å². The molecule has 3 rings (SSSR count). The second-order valence-electron chi connectivity index (χ2n) is 5.66. The van der Waals surface area contributed by atoms with E-state index in [0.717, 1.165) is 5.56 Å². The number of carbonyl (C=O) groups is 2. The summed E-state index contributed by atoms with van der Waals surface area (Å²) in [5, 5.41) is 6.37. The van der Waals surface area contributed by atoms with Gasteiger partial charge < -0.3 is 14.7 Å². The number of nitrogens with zero attached hydrogens (tertiary/aromatic N) is 3. The molecule has 0 aliphatic carbocycles. The molecular formula is C16H17FN4O3. The lowest BCUT2D eigenvalue weighted by Gasteiger charge is -2.20. The minimum absolute atomic E-state index is 0.0392. The first-order valence-electron chi connectivity index (χ1n) is 7.67. The second-order valence-corrected chi connectivity index (χ2v) is 5.66. The summed E-state index contributed by atoms with van der Waals surface area (Å²) < 4.78 is 19.3. The minimum Gasteiger partial charge on any atom is -0.337 e. The largest absolute Gasteiger partial charge is 0.337 e. The Hall–Kier alpha value is -2.77. The molecule has 24 heavy (non-hydrogen) atoms. The van der Waals surface area contributed by atoms with Gasteiger partial charge in [0.05, 0.1) is 12.1 Å². The molecule has 1 N–H and O–H groups in total. The summed E-state index contributed by atoms with van der Waals surface area (Å²) in [6.07, 6.45) is 1.44. The van der Waals surface area contributed by atoms with Crippen molar-refractivity contribution in [2.75, 3.05) is 12.4 Å². The summed E-state index contributed by atoms with van der Waals surface area (Å²) in [6.45, 7) is 1.99. The van der Waals surface area contributed by atoms with Crippen molar-refractivity contribution in [2.45, 2.75) is 32.7 Å². The zero-order valence-corrected chi connectivity index (χ0v) is 13.4. The van der Waals surface area contributed by atoms with Gasteiger partial charge >= 0.3 is 0 Å². The lowest BCUT2D eigenvalue weighted by atomic mass is 9.99. The quantitative estimate of drug-likeness (QED) is 0.924. The number of carbonyl (C=O) groups excluding carboxylic acids is 2. The lowest BCUT2D eigenvalue weighted by molar-refractivity contribution is -0.116. The second kappa shape index (κ2) is 6.38. The number of benzene rings is 1. The van der Waals surface area contributed by atoms with E-state index in [4.69, 9.17) is 4.52 Å². The number of anilines is 1. The number of hydrogen-bond acceptors (Lipinski definition) is 5. The van der Waals surface area contributed by atoms with E-state index in [1.807, 2.05) is 6.92 Å². The predicted octanol–water partition coefficient (Wildman–Crippen LogP) is 1.93. The van der Waals surface area contributed by atoms with Crippen LogP contribution in [-0.4, -0.2) is 33.9 Å². The first-order chi connectivity index (χ1) is 11.5. The van der Waals surface area contributed by atoms with Crippen LogP contribution in [0.5, 0.6) is 0 Å². The Balaban J connectivity index is 1.80. The Kier molecular flexibility index (Phi) is 4.28. The Bertz CT molecular complexity index is 803. The van der Waals surface area contributed by atoms with Crippen molar-refractivity contribution in [1.82, 2.24) is 15.0 Å². The van der Waals surface area contributed by atoms with E-state index in [2.05, 4.69) is 15.5 Å². The monoisotopic (exact) mass is 332 g/mol. The third kappa shape index (κ3) is 3.12. The molecule has 1 aromatic heterocycles. The lowest BCUT2D eigenvalue weighted by Crippen LogP contribution is -2.28. The van der Waals surface area contributed by atoms with E-state index < -0.39 is 11.7 Å². The normalized spacial score (nSPS) is 13.4. The average Bonchev–Trinajstić information content (AvgIpc) is 3.01. The van der Waals surface area contributed by atoms with Crippen molar-refractivity contribution in [2.24, 2.45) is 0 Å². The molecule has 2 amide bonds. The Morgan fingerprint density at radius 1 is 1.42 bits per heavy atom. The molecule has 1 aliphatic heterocycles. The molecule has 0 bridgehead atoms. The summed E-state index contributed by atoms with van der Waals surface area (Å²) >= 11 is 0. The van der Waals surface area contributed by atoms with Crippen molar-refractivity contribution in [3.05, 3.63) is 40.8 Å². The SMILES string of the molecule is CCc1noc(CN(C)C(=O)c2cc3c(cc2F)NC(=O)CC3)n1. The number of amides is 2. The number of rotatable bonds is 4. The highest BCUT2D eigenvalue weighted by molar-refractivity contribution is 5.98. The average molecular weight is 332 g/mol. The highest BCUT2D eigenvalue weighted by Gasteiger charge is 2.23. The molecule has 0 unspecified atom stereocenters. The molecule has 0 radical (unpaired) electrons. The molecule has 0 saturated heterocycles. The molecule has 7 nitrogen and oxygen atoms in total. The van der Waals surface area contributed by atoms with Crippen molar-refractivity contribution in [3.8, 4) is 0 Å². The fourth-order valence-electron chi connectivity index (χ4n) is 2.54. The summed E-state index contributed by atoms with van der Waals surface area (Å²) in [7, 11) is 1.54. The molecule has 0 spiro atoms. The van der Waals surface area contributed by atoms with Crippen LogP contribution in [0.1, 0.15) is 41.0 Å². The maximum Gasteiger partial charge on any atom is 0.257 e. The van der Waals surface area contributed by atoms with Gasteiger partial charge in [-0.15, -0.1) is 0 Å². The van der Waals surface area contributed by atoms with Crippen LogP contribution in [0.15, 0.2) is 16.7 Å². The zero-order valence-electron chi connectivity index (χ0n) is 13.4. The Labute approximate surface area is 137 Å². The number of halogens is 1. The molecule has 0 fully saturated rings. The van der Waals surface area contributed by atoms with Crippen LogP contribution in [0.25, 0.3) is 0 Å². The van der Waals surface area contributed by atoms with Gasteiger partial charge in [0.25, 0.3) is 5.91 Å². The van der Waals surface area contributed by atoms with Gasteiger partial charge in [-0.05, 0) is 24.1 Å². The fraction of sp³-hybridized carbons (Fsp3) is 0.375. The summed E-state index contributed by atoms with van der Waals surface area (Å²) in [5.41, 5.74) is 1.13. The smallest absolute Gasteiger partial charge is 0.257 e. The minimum atomic E-state index is -0.674. The number of hydrogen-bond donors (Lipinski definition) is 1. The van der Waals surface area contributed by atoms with Crippen molar-refractivity contribution < 1.29 is 18.5 Å². The van der Waals surface area contributed by atoms with Crippen LogP contribution in [0.2, 0.25) is 0 Å². The van der Waals surface area contributed by atoms with Gasteiger partial charge in [-0.1, -0.05) is 12.1 Å². The summed E-state index contributed by atoms with van der Waals surface area (Å²) in [6, 6.07) is 2.68.